The molecule has 1 aromatic carbocycles. The minimum Gasteiger partial charge on any atom is -0.326 e. The Labute approximate surface area is 101 Å². The number of para-hydroxylation sites is 1. The van der Waals surface area contributed by atoms with E-state index in [-0.39, 0.29) is 24.8 Å². The van der Waals surface area contributed by atoms with E-state index >= 15 is 0 Å². The number of rotatable bonds is 2. The lowest BCUT2D eigenvalue weighted by atomic mass is 10.2. The summed E-state index contributed by atoms with van der Waals surface area (Å²) in [5.74, 6) is 0. The van der Waals surface area contributed by atoms with E-state index < -0.39 is 0 Å². The van der Waals surface area contributed by atoms with Crippen LogP contribution >= 0.6 is 24.8 Å². The zero-order valence-corrected chi connectivity index (χ0v) is 9.67. The molecule has 5 heteroatoms. The molecule has 0 unspecified atom stereocenters. The third-order valence-corrected chi connectivity index (χ3v) is 1.99. The Morgan fingerprint density at radius 2 is 1.93 bits per heavy atom. The molecule has 0 fully saturated rings. The molecule has 1 heterocycles. The number of hydrogen-bond acceptors (Lipinski definition) is 2. The van der Waals surface area contributed by atoms with Gasteiger partial charge in [0.2, 0.25) is 0 Å². The Kier molecular flexibility index (Phi) is 6.01. The Balaban J connectivity index is 0.000000980. The van der Waals surface area contributed by atoms with Crippen LogP contribution in [-0.2, 0) is 6.54 Å². The van der Waals surface area contributed by atoms with E-state index in [0.29, 0.717) is 6.54 Å². The second-order valence-electron chi connectivity index (χ2n) is 2.80. The summed E-state index contributed by atoms with van der Waals surface area (Å²) in [5.41, 5.74) is 7.85. The van der Waals surface area contributed by atoms with Gasteiger partial charge in [0, 0.05) is 18.9 Å². The summed E-state index contributed by atoms with van der Waals surface area (Å²) >= 11 is 0. The van der Waals surface area contributed by atoms with Crippen LogP contribution in [0.25, 0.3) is 5.69 Å². The van der Waals surface area contributed by atoms with Gasteiger partial charge in [-0.15, -0.1) is 24.8 Å². The molecule has 0 atom stereocenters. The van der Waals surface area contributed by atoms with Gasteiger partial charge in [0.1, 0.15) is 0 Å². The van der Waals surface area contributed by atoms with Crippen LogP contribution in [0.4, 0.5) is 0 Å². The molecule has 2 aromatic rings. The molecule has 0 amide bonds. The lowest BCUT2D eigenvalue weighted by Gasteiger charge is -2.06. The van der Waals surface area contributed by atoms with Gasteiger partial charge in [-0.1, -0.05) is 18.2 Å². The highest BCUT2D eigenvalue weighted by Crippen LogP contribution is 2.12. The first kappa shape index (κ1) is 14.0. The van der Waals surface area contributed by atoms with Crippen molar-refractivity contribution >= 4 is 24.8 Å². The fourth-order valence-corrected chi connectivity index (χ4v) is 1.34. The van der Waals surface area contributed by atoms with Crippen LogP contribution in [0.3, 0.4) is 0 Å². The van der Waals surface area contributed by atoms with E-state index in [9.17, 15) is 0 Å². The summed E-state index contributed by atoms with van der Waals surface area (Å²) in [7, 11) is 0. The lowest BCUT2D eigenvalue weighted by molar-refractivity contribution is 0.983. The topological polar surface area (TPSA) is 43.8 Å². The van der Waals surface area contributed by atoms with Crippen molar-refractivity contribution in [3.63, 3.8) is 0 Å². The quantitative estimate of drug-likeness (QED) is 0.882. The lowest BCUT2D eigenvalue weighted by Crippen LogP contribution is -2.02. The SMILES string of the molecule is Cl.Cl.NCc1ccccc1-n1ccnc1. The van der Waals surface area contributed by atoms with Crippen LogP contribution in [0.1, 0.15) is 5.56 Å². The molecule has 0 saturated heterocycles. The molecule has 2 N–H and O–H groups in total. The van der Waals surface area contributed by atoms with Gasteiger partial charge in [-0.25, -0.2) is 4.98 Å². The number of halogens is 2. The van der Waals surface area contributed by atoms with Crippen LogP contribution in [0.2, 0.25) is 0 Å². The van der Waals surface area contributed by atoms with Crippen molar-refractivity contribution in [3.8, 4) is 5.69 Å². The Morgan fingerprint density at radius 1 is 1.20 bits per heavy atom. The van der Waals surface area contributed by atoms with E-state index in [1.165, 1.54) is 0 Å². The molecule has 1 aromatic heterocycles. The predicted molar refractivity (Wildman–Crippen MR) is 66.0 cm³/mol. The van der Waals surface area contributed by atoms with Crippen molar-refractivity contribution < 1.29 is 0 Å². The fraction of sp³-hybridized carbons (Fsp3) is 0.100. The smallest absolute Gasteiger partial charge is 0.0991 e. The van der Waals surface area contributed by atoms with Gasteiger partial charge < -0.3 is 10.3 Å². The van der Waals surface area contributed by atoms with Crippen molar-refractivity contribution in [3.05, 3.63) is 48.5 Å². The van der Waals surface area contributed by atoms with Gasteiger partial charge in [0.15, 0.2) is 0 Å². The second-order valence-corrected chi connectivity index (χ2v) is 2.80. The molecular weight excluding hydrogens is 233 g/mol. The Bertz CT molecular complexity index is 387. The van der Waals surface area contributed by atoms with E-state index in [1.54, 1.807) is 12.5 Å². The third-order valence-electron chi connectivity index (χ3n) is 1.99. The standard InChI is InChI=1S/C10H11N3.2ClH/c11-7-9-3-1-2-4-10(9)13-6-5-12-8-13;;/h1-6,8H,7,11H2;2*1H. The number of imidazole rings is 1. The number of aromatic nitrogens is 2. The molecule has 0 radical (unpaired) electrons. The maximum atomic E-state index is 5.62. The highest BCUT2D eigenvalue weighted by atomic mass is 35.5. The van der Waals surface area contributed by atoms with E-state index in [4.69, 9.17) is 5.73 Å². The maximum absolute atomic E-state index is 5.62. The van der Waals surface area contributed by atoms with Crippen molar-refractivity contribution in [1.82, 2.24) is 9.55 Å². The van der Waals surface area contributed by atoms with Crippen molar-refractivity contribution in [1.29, 1.82) is 0 Å². The van der Waals surface area contributed by atoms with Crippen LogP contribution in [-0.4, -0.2) is 9.55 Å². The van der Waals surface area contributed by atoms with Crippen LogP contribution in [0, 0.1) is 0 Å². The molecule has 0 aliphatic heterocycles. The number of benzene rings is 1. The summed E-state index contributed by atoms with van der Waals surface area (Å²) in [5, 5.41) is 0. The Morgan fingerprint density at radius 3 is 2.53 bits per heavy atom. The van der Waals surface area contributed by atoms with Gasteiger partial charge in [0.25, 0.3) is 0 Å². The third kappa shape index (κ3) is 2.96. The van der Waals surface area contributed by atoms with Crippen LogP contribution in [0.15, 0.2) is 43.0 Å². The average molecular weight is 246 g/mol. The van der Waals surface area contributed by atoms with Gasteiger partial charge in [-0.05, 0) is 11.6 Å². The summed E-state index contributed by atoms with van der Waals surface area (Å²) in [4.78, 5) is 4.00. The van der Waals surface area contributed by atoms with Crippen molar-refractivity contribution in [2.75, 3.05) is 0 Å². The van der Waals surface area contributed by atoms with Gasteiger partial charge in [-0.3, -0.25) is 0 Å². The predicted octanol–water partition coefficient (Wildman–Crippen LogP) is 2.17. The minimum atomic E-state index is 0. The second kappa shape index (κ2) is 6.45. The normalized spacial score (nSPS) is 8.87. The molecular formula is C10H13Cl2N3. The molecule has 0 spiro atoms. The largest absolute Gasteiger partial charge is 0.326 e. The molecule has 0 aliphatic rings. The van der Waals surface area contributed by atoms with Gasteiger partial charge >= 0.3 is 0 Å². The molecule has 0 saturated carbocycles. The molecule has 15 heavy (non-hydrogen) atoms. The Hall–Kier alpha value is -1.03. The van der Waals surface area contributed by atoms with Crippen LogP contribution in [0.5, 0.6) is 0 Å². The summed E-state index contributed by atoms with van der Waals surface area (Å²) < 4.78 is 1.96. The van der Waals surface area contributed by atoms with Gasteiger partial charge in [0.05, 0.1) is 12.0 Å². The first-order valence-corrected chi connectivity index (χ1v) is 4.18. The average Bonchev–Trinajstić information content (AvgIpc) is 2.70. The molecule has 3 nitrogen and oxygen atoms in total. The maximum Gasteiger partial charge on any atom is 0.0991 e. The highest BCUT2D eigenvalue weighted by molar-refractivity contribution is 5.85. The minimum absolute atomic E-state index is 0. The molecule has 2 rings (SSSR count). The van der Waals surface area contributed by atoms with E-state index in [2.05, 4.69) is 4.98 Å². The monoisotopic (exact) mass is 245 g/mol. The number of nitrogens with zero attached hydrogens (tertiary/aromatic N) is 2. The number of nitrogens with two attached hydrogens (primary N) is 1. The van der Waals surface area contributed by atoms with Gasteiger partial charge in [-0.2, -0.15) is 0 Å². The first-order valence-electron chi connectivity index (χ1n) is 4.18. The molecule has 82 valence electrons. The highest BCUT2D eigenvalue weighted by Gasteiger charge is 1.99. The van der Waals surface area contributed by atoms with E-state index in [1.807, 2.05) is 35.0 Å². The molecule has 0 bridgehead atoms. The van der Waals surface area contributed by atoms with Crippen LogP contribution < -0.4 is 5.73 Å². The zero-order valence-electron chi connectivity index (χ0n) is 8.04. The fourth-order valence-electron chi connectivity index (χ4n) is 1.34. The van der Waals surface area contributed by atoms with Crippen molar-refractivity contribution in [2.45, 2.75) is 6.54 Å². The molecule has 0 aliphatic carbocycles. The zero-order chi connectivity index (χ0) is 9.10. The summed E-state index contributed by atoms with van der Waals surface area (Å²) in [6.07, 6.45) is 5.44. The first-order chi connectivity index (χ1) is 6.42. The summed E-state index contributed by atoms with van der Waals surface area (Å²) in [6, 6.07) is 8.04. The summed E-state index contributed by atoms with van der Waals surface area (Å²) in [6.45, 7) is 0.550. The number of hydrogen-bond donors (Lipinski definition) is 1. The van der Waals surface area contributed by atoms with E-state index in [0.717, 1.165) is 11.3 Å². The van der Waals surface area contributed by atoms with Crippen molar-refractivity contribution in [2.24, 2.45) is 5.73 Å².